The Morgan fingerprint density at radius 1 is 1.44 bits per heavy atom. The molecule has 0 atom stereocenters. The lowest BCUT2D eigenvalue weighted by Gasteiger charge is -2.41. The number of benzene rings is 1. The molecule has 1 aliphatic rings. The lowest BCUT2D eigenvalue weighted by molar-refractivity contribution is -0.147. The van der Waals surface area contributed by atoms with Gasteiger partial charge in [0.15, 0.2) is 0 Å². The summed E-state index contributed by atoms with van der Waals surface area (Å²) in [7, 11) is 1.62. The van der Waals surface area contributed by atoms with Gasteiger partial charge in [-0.2, -0.15) is 0 Å². The molecule has 1 saturated carbocycles. The summed E-state index contributed by atoms with van der Waals surface area (Å²) in [6.45, 7) is 0. The van der Waals surface area contributed by atoms with Crippen LogP contribution in [-0.4, -0.2) is 23.7 Å². The van der Waals surface area contributed by atoms with Crippen molar-refractivity contribution in [2.75, 3.05) is 7.11 Å². The summed E-state index contributed by atoms with van der Waals surface area (Å²) in [5.41, 5.74) is 5.81. The van der Waals surface area contributed by atoms with Gasteiger partial charge in [0, 0.05) is 0 Å². The van der Waals surface area contributed by atoms with E-state index in [9.17, 15) is 4.79 Å². The van der Waals surface area contributed by atoms with Crippen LogP contribution in [0, 0.1) is 0 Å². The Balaban J connectivity index is 2.04. The van der Waals surface area contributed by atoms with Crippen molar-refractivity contribution >= 4 is 5.97 Å². The highest BCUT2D eigenvalue weighted by atomic mass is 16.5. The lowest BCUT2D eigenvalue weighted by Crippen LogP contribution is -2.56. The molecule has 1 aromatic rings. The largest absolute Gasteiger partial charge is 0.497 e. The highest BCUT2D eigenvalue weighted by Gasteiger charge is 2.47. The molecule has 4 heteroatoms. The number of carbonyl (C=O) groups is 1. The van der Waals surface area contributed by atoms with E-state index in [1.807, 2.05) is 24.3 Å². The van der Waals surface area contributed by atoms with Crippen molar-refractivity contribution in [1.29, 1.82) is 0 Å². The molecular weight excluding hydrogens is 206 g/mol. The summed E-state index contributed by atoms with van der Waals surface area (Å²) in [5, 5.41) is 8.89. The van der Waals surface area contributed by atoms with E-state index >= 15 is 0 Å². The smallest absolute Gasteiger partial charge is 0.323 e. The van der Waals surface area contributed by atoms with Crippen molar-refractivity contribution in [3.05, 3.63) is 29.8 Å². The van der Waals surface area contributed by atoms with Gasteiger partial charge in [0.1, 0.15) is 11.3 Å². The van der Waals surface area contributed by atoms with Crippen molar-refractivity contribution in [3.63, 3.8) is 0 Å². The van der Waals surface area contributed by atoms with Gasteiger partial charge < -0.3 is 15.6 Å². The highest BCUT2D eigenvalue weighted by Crippen LogP contribution is 2.43. The molecule has 1 aromatic carbocycles. The van der Waals surface area contributed by atoms with Gasteiger partial charge in [0.25, 0.3) is 0 Å². The Kier molecular flexibility index (Phi) is 2.59. The number of nitrogens with two attached hydrogens (primary N) is 1. The normalized spacial score (nSPS) is 28.2. The van der Waals surface area contributed by atoms with Crippen molar-refractivity contribution in [1.82, 2.24) is 0 Å². The van der Waals surface area contributed by atoms with Crippen molar-refractivity contribution in [2.45, 2.75) is 24.3 Å². The number of rotatable bonds is 3. The molecule has 0 aliphatic heterocycles. The van der Waals surface area contributed by atoms with Crippen LogP contribution < -0.4 is 10.5 Å². The van der Waals surface area contributed by atoms with E-state index in [4.69, 9.17) is 15.6 Å². The minimum Gasteiger partial charge on any atom is -0.497 e. The number of ether oxygens (including phenoxy) is 1. The molecule has 16 heavy (non-hydrogen) atoms. The van der Waals surface area contributed by atoms with Crippen LogP contribution in [0.1, 0.15) is 24.3 Å². The van der Waals surface area contributed by atoms with E-state index in [2.05, 4.69) is 0 Å². The van der Waals surface area contributed by atoms with Gasteiger partial charge in [-0.25, -0.2) is 0 Å². The minimum absolute atomic E-state index is 0.256. The average molecular weight is 221 g/mol. The van der Waals surface area contributed by atoms with Crippen LogP contribution in [0.4, 0.5) is 0 Å². The number of hydrogen-bond donors (Lipinski definition) is 2. The molecule has 0 radical (unpaired) electrons. The van der Waals surface area contributed by atoms with E-state index in [1.165, 1.54) is 0 Å². The second kappa shape index (κ2) is 3.79. The maximum atomic E-state index is 10.8. The summed E-state index contributed by atoms with van der Waals surface area (Å²) in [4.78, 5) is 10.8. The first-order valence-electron chi connectivity index (χ1n) is 5.21. The van der Waals surface area contributed by atoms with Crippen LogP contribution >= 0.6 is 0 Å². The number of carboxylic acid groups (broad SMARTS) is 1. The fourth-order valence-electron chi connectivity index (χ4n) is 2.11. The Morgan fingerprint density at radius 2 is 2.00 bits per heavy atom. The van der Waals surface area contributed by atoms with E-state index in [-0.39, 0.29) is 5.92 Å². The fraction of sp³-hybridized carbons (Fsp3) is 0.417. The van der Waals surface area contributed by atoms with E-state index in [0.717, 1.165) is 11.3 Å². The second-order valence-corrected chi connectivity index (χ2v) is 4.34. The average Bonchev–Trinajstić information content (AvgIpc) is 2.25. The predicted molar refractivity (Wildman–Crippen MR) is 59.5 cm³/mol. The topological polar surface area (TPSA) is 72.5 Å². The van der Waals surface area contributed by atoms with Gasteiger partial charge >= 0.3 is 5.97 Å². The zero-order valence-corrected chi connectivity index (χ0v) is 9.14. The monoisotopic (exact) mass is 221 g/mol. The Hall–Kier alpha value is -1.55. The third-order valence-corrected chi connectivity index (χ3v) is 3.23. The highest BCUT2D eigenvalue weighted by molar-refractivity contribution is 5.80. The lowest BCUT2D eigenvalue weighted by atomic mass is 9.66. The third-order valence-electron chi connectivity index (χ3n) is 3.23. The molecular formula is C12H15NO3. The van der Waals surface area contributed by atoms with Gasteiger partial charge in [-0.05, 0) is 36.5 Å². The zero-order chi connectivity index (χ0) is 11.8. The first kappa shape index (κ1) is 11.0. The Bertz CT molecular complexity index is 393. The van der Waals surface area contributed by atoms with Gasteiger partial charge in [-0.3, -0.25) is 4.79 Å². The Labute approximate surface area is 94.0 Å². The standard InChI is InChI=1S/C12H15NO3/c1-16-10-4-2-8(3-5-10)9-6-12(13,7-9)11(14)15/h2-5,9H,6-7,13H2,1H3,(H,14,15). The van der Waals surface area contributed by atoms with Gasteiger partial charge in [0.2, 0.25) is 0 Å². The SMILES string of the molecule is COc1ccc(C2CC(N)(C(=O)O)C2)cc1. The first-order valence-corrected chi connectivity index (χ1v) is 5.21. The zero-order valence-electron chi connectivity index (χ0n) is 9.14. The van der Waals surface area contributed by atoms with Crippen molar-refractivity contribution in [2.24, 2.45) is 5.73 Å². The maximum absolute atomic E-state index is 10.8. The van der Waals surface area contributed by atoms with Crippen molar-refractivity contribution < 1.29 is 14.6 Å². The summed E-state index contributed by atoms with van der Waals surface area (Å²) in [5.74, 6) is 0.157. The van der Waals surface area contributed by atoms with Crippen LogP contribution in [-0.2, 0) is 4.79 Å². The summed E-state index contributed by atoms with van der Waals surface area (Å²) in [6.07, 6.45) is 1.02. The van der Waals surface area contributed by atoms with Gasteiger partial charge in [-0.1, -0.05) is 12.1 Å². The maximum Gasteiger partial charge on any atom is 0.323 e. The first-order chi connectivity index (χ1) is 7.55. The fourth-order valence-corrected chi connectivity index (χ4v) is 2.11. The molecule has 0 unspecified atom stereocenters. The predicted octanol–water partition coefficient (Wildman–Crippen LogP) is 1.35. The van der Waals surface area contributed by atoms with Crippen LogP contribution in [0.25, 0.3) is 0 Å². The Morgan fingerprint density at radius 3 is 2.44 bits per heavy atom. The molecule has 0 heterocycles. The molecule has 0 amide bonds. The van der Waals surface area contributed by atoms with E-state index in [1.54, 1.807) is 7.11 Å². The number of aliphatic carboxylic acids is 1. The van der Waals surface area contributed by atoms with Gasteiger partial charge in [0.05, 0.1) is 7.11 Å². The van der Waals surface area contributed by atoms with Crippen LogP contribution in [0.2, 0.25) is 0 Å². The summed E-state index contributed by atoms with van der Waals surface area (Å²) >= 11 is 0. The molecule has 0 saturated heterocycles. The molecule has 0 aromatic heterocycles. The second-order valence-electron chi connectivity index (χ2n) is 4.34. The number of hydrogen-bond acceptors (Lipinski definition) is 3. The molecule has 1 fully saturated rings. The molecule has 2 rings (SSSR count). The van der Waals surface area contributed by atoms with Gasteiger partial charge in [-0.15, -0.1) is 0 Å². The van der Waals surface area contributed by atoms with E-state index in [0.29, 0.717) is 12.8 Å². The molecule has 4 nitrogen and oxygen atoms in total. The van der Waals surface area contributed by atoms with E-state index < -0.39 is 11.5 Å². The van der Waals surface area contributed by atoms with Crippen LogP contribution in [0.3, 0.4) is 0 Å². The molecule has 1 aliphatic carbocycles. The molecule has 3 N–H and O–H groups in total. The van der Waals surface area contributed by atoms with Crippen LogP contribution in [0.5, 0.6) is 5.75 Å². The van der Waals surface area contributed by atoms with Crippen LogP contribution in [0.15, 0.2) is 24.3 Å². The molecule has 0 spiro atoms. The third kappa shape index (κ3) is 1.76. The van der Waals surface area contributed by atoms with Crippen molar-refractivity contribution in [3.8, 4) is 5.75 Å². The molecule has 0 bridgehead atoms. The molecule has 86 valence electrons. The summed E-state index contributed by atoms with van der Waals surface area (Å²) < 4.78 is 5.06. The quantitative estimate of drug-likeness (QED) is 0.808. The number of carboxylic acids is 1. The summed E-state index contributed by atoms with van der Waals surface area (Å²) in [6, 6.07) is 7.69. The minimum atomic E-state index is -1.02. The number of methoxy groups -OCH3 is 1.